The number of morpholine rings is 1. The Balaban J connectivity index is 2.18. The molecule has 1 saturated heterocycles. The van der Waals surface area contributed by atoms with E-state index in [4.69, 9.17) is 9.47 Å². The Morgan fingerprint density at radius 1 is 1.20 bits per heavy atom. The lowest BCUT2D eigenvalue weighted by atomic mass is 9.87. The van der Waals surface area contributed by atoms with E-state index in [2.05, 4.69) is 13.8 Å². The van der Waals surface area contributed by atoms with Gasteiger partial charge in [0.15, 0.2) is 0 Å². The van der Waals surface area contributed by atoms with Crippen LogP contribution in [0.3, 0.4) is 0 Å². The fourth-order valence-corrected chi connectivity index (χ4v) is 2.60. The fraction of sp³-hybridized carbons (Fsp3) is 0.562. The maximum absolute atomic E-state index is 12.7. The summed E-state index contributed by atoms with van der Waals surface area (Å²) in [6.45, 7) is 6.84. The maximum Gasteiger partial charge on any atom is 0.230 e. The standard InChI is InChI=1S/C16H23NO3/c1-12(2)15(13-4-6-14(19-3)7-5-13)16(18)17-8-10-20-11-9-17/h4-7,12,15H,8-11H2,1-3H3. The van der Waals surface area contributed by atoms with E-state index in [-0.39, 0.29) is 17.7 Å². The molecule has 1 aromatic rings. The molecule has 0 radical (unpaired) electrons. The first-order valence-electron chi connectivity index (χ1n) is 7.14. The number of benzene rings is 1. The van der Waals surface area contributed by atoms with Gasteiger partial charge in [0.1, 0.15) is 5.75 Å². The van der Waals surface area contributed by atoms with Crippen molar-refractivity contribution in [3.8, 4) is 5.75 Å². The molecule has 1 amide bonds. The molecular formula is C16H23NO3. The van der Waals surface area contributed by atoms with Gasteiger partial charge in [0.25, 0.3) is 0 Å². The summed E-state index contributed by atoms with van der Waals surface area (Å²) in [4.78, 5) is 14.6. The number of hydrogen-bond donors (Lipinski definition) is 0. The van der Waals surface area contributed by atoms with Crippen LogP contribution in [0.25, 0.3) is 0 Å². The summed E-state index contributed by atoms with van der Waals surface area (Å²) < 4.78 is 10.5. The molecule has 0 spiro atoms. The van der Waals surface area contributed by atoms with E-state index in [1.165, 1.54) is 0 Å². The average Bonchev–Trinajstić information content (AvgIpc) is 2.48. The lowest BCUT2D eigenvalue weighted by molar-refractivity contribution is -0.137. The highest BCUT2D eigenvalue weighted by molar-refractivity contribution is 5.84. The molecule has 0 aromatic heterocycles. The van der Waals surface area contributed by atoms with Crippen molar-refractivity contribution in [3.05, 3.63) is 29.8 Å². The van der Waals surface area contributed by atoms with Crippen molar-refractivity contribution in [2.24, 2.45) is 5.92 Å². The van der Waals surface area contributed by atoms with Crippen molar-refractivity contribution >= 4 is 5.91 Å². The van der Waals surface area contributed by atoms with Gasteiger partial charge in [-0.15, -0.1) is 0 Å². The number of hydrogen-bond acceptors (Lipinski definition) is 3. The van der Waals surface area contributed by atoms with Gasteiger partial charge in [0.05, 0.1) is 26.2 Å². The van der Waals surface area contributed by atoms with Crippen LogP contribution >= 0.6 is 0 Å². The van der Waals surface area contributed by atoms with Crippen LogP contribution < -0.4 is 4.74 Å². The van der Waals surface area contributed by atoms with Gasteiger partial charge in [0.2, 0.25) is 5.91 Å². The van der Waals surface area contributed by atoms with Crippen LogP contribution in [0.1, 0.15) is 25.3 Å². The zero-order valence-corrected chi connectivity index (χ0v) is 12.5. The quantitative estimate of drug-likeness (QED) is 0.847. The third-order valence-corrected chi connectivity index (χ3v) is 3.73. The van der Waals surface area contributed by atoms with Gasteiger partial charge in [-0.2, -0.15) is 0 Å². The van der Waals surface area contributed by atoms with Crippen molar-refractivity contribution in [3.63, 3.8) is 0 Å². The molecule has 20 heavy (non-hydrogen) atoms. The summed E-state index contributed by atoms with van der Waals surface area (Å²) in [5.74, 6) is 1.18. The predicted molar refractivity (Wildman–Crippen MR) is 78.0 cm³/mol. The first-order valence-corrected chi connectivity index (χ1v) is 7.14. The Kier molecular flexibility index (Phi) is 5.01. The number of rotatable bonds is 4. The summed E-state index contributed by atoms with van der Waals surface area (Å²) in [7, 11) is 1.65. The molecule has 1 heterocycles. The lowest BCUT2D eigenvalue weighted by Crippen LogP contribution is -2.44. The fourth-order valence-electron chi connectivity index (χ4n) is 2.60. The molecule has 0 aliphatic carbocycles. The summed E-state index contributed by atoms with van der Waals surface area (Å²) in [5, 5.41) is 0. The lowest BCUT2D eigenvalue weighted by Gasteiger charge is -2.32. The van der Waals surface area contributed by atoms with Gasteiger partial charge in [-0.25, -0.2) is 0 Å². The second kappa shape index (κ2) is 6.75. The van der Waals surface area contributed by atoms with Gasteiger partial charge >= 0.3 is 0 Å². The van der Waals surface area contributed by atoms with Crippen molar-refractivity contribution in [1.82, 2.24) is 4.90 Å². The minimum Gasteiger partial charge on any atom is -0.497 e. The van der Waals surface area contributed by atoms with E-state index in [9.17, 15) is 4.79 Å². The van der Waals surface area contributed by atoms with E-state index in [0.717, 1.165) is 11.3 Å². The second-order valence-corrected chi connectivity index (χ2v) is 5.43. The van der Waals surface area contributed by atoms with Gasteiger partial charge in [-0.1, -0.05) is 26.0 Å². The first kappa shape index (κ1) is 14.9. The first-order chi connectivity index (χ1) is 9.63. The molecule has 4 heteroatoms. The van der Waals surface area contributed by atoms with Crippen molar-refractivity contribution in [2.75, 3.05) is 33.4 Å². The third-order valence-electron chi connectivity index (χ3n) is 3.73. The maximum atomic E-state index is 12.7. The highest BCUT2D eigenvalue weighted by atomic mass is 16.5. The third kappa shape index (κ3) is 3.31. The molecule has 1 unspecified atom stereocenters. The van der Waals surface area contributed by atoms with Crippen LogP contribution in [0.15, 0.2) is 24.3 Å². The summed E-state index contributed by atoms with van der Waals surface area (Å²) in [6, 6.07) is 7.80. The SMILES string of the molecule is COc1ccc(C(C(=O)N2CCOCC2)C(C)C)cc1. The highest BCUT2D eigenvalue weighted by Gasteiger charge is 2.29. The minimum absolute atomic E-state index is 0.0981. The van der Waals surface area contributed by atoms with Gasteiger partial charge in [0, 0.05) is 13.1 Å². The van der Waals surface area contributed by atoms with Crippen molar-refractivity contribution in [1.29, 1.82) is 0 Å². The zero-order chi connectivity index (χ0) is 14.5. The second-order valence-electron chi connectivity index (χ2n) is 5.43. The Labute approximate surface area is 120 Å². The monoisotopic (exact) mass is 277 g/mol. The van der Waals surface area contributed by atoms with Crippen LogP contribution in [0.4, 0.5) is 0 Å². The van der Waals surface area contributed by atoms with Crippen molar-refractivity contribution < 1.29 is 14.3 Å². The van der Waals surface area contributed by atoms with Crippen LogP contribution in [-0.2, 0) is 9.53 Å². The topological polar surface area (TPSA) is 38.8 Å². The summed E-state index contributed by atoms with van der Waals surface area (Å²) >= 11 is 0. The number of ether oxygens (including phenoxy) is 2. The molecular weight excluding hydrogens is 254 g/mol. The zero-order valence-electron chi connectivity index (χ0n) is 12.5. The number of methoxy groups -OCH3 is 1. The van der Waals surface area contributed by atoms with Gasteiger partial charge < -0.3 is 14.4 Å². The van der Waals surface area contributed by atoms with Crippen LogP contribution in [-0.4, -0.2) is 44.2 Å². The van der Waals surface area contributed by atoms with E-state index in [1.54, 1.807) is 7.11 Å². The average molecular weight is 277 g/mol. The molecule has 1 atom stereocenters. The number of nitrogens with zero attached hydrogens (tertiary/aromatic N) is 1. The molecule has 2 rings (SSSR count). The minimum atomic E-state index is -0.0981. The Bertz CT molecular complexity index is 436. The molecule has 1 aliphatic rings. The largest absolute Gasteiger partial charge is 0.497 e. The molecule has 4 nitrogen and oxygen atoms in total. The van der Waals surface area contributed by atoms with Crippen molar-refractivity contribution in [2.45, 2.75) is 19.8 Å². The molecule has 0 N–H and O–H groups in total. The Morgan fingerprint density at radius 3 is 2.30 bits per heavy atom. The number of amides is 1. The number of carbonyl (C=O) groups is 1. The smallest absolute Gasteiger partial charge is 0.230 e. The molecule has 110 valence electrons. The highest BCUT2D eigenvalue weighted by Crippen LogP contribution is 2.28. The van der Waals surface area contributed by atoms with E-state index >= 15 is 0 Å². The molecule has 0 saturated carbocycles. The summed E-state index contributed by atoms with van der Waals surface area (Å²) in [6.07, 6.45) is 0. The van der Waals surface area contributed by atoms with Gasteiger partial charge in [-0.3, -0.25) is 4.79 Å². The van der Waals surface area contributed by atoms with Crippen LogP contribution in [0.2, 0.25) is 0 Å². The van der Waals surface area contributed by atoms with Crippen LogP contribution in [0, 0.1) is 5.92 Å². The summed E-state index contributed by atoms with van der Waals surface area (Å²) in [5.41, 5.74) is 1.05. The normalized spacial score (nSPS) is 17.1. The van der Waals surface area contributed by atoms with E-state index in [0.29, 0.717) is 26.3 Å². The van der Waals surface area contributed by atoms with Crippen LogP contribution in [0.5, 0.6) is 5.75 Å². The van der Waals surface area contributed by atoms with E-state index < -0.39 is 0 Å². The molecule has 1 aromatic carbocycles. The molecule has 1 aliphatic heterocycles. The Hall–Kier alpha value is -1.55. The molecule has 0 bridgehead atoms. The van der Waals surface area contributed by atoms with Gasteiger partial charge in [-0.05, 0) is 23.6 Å². The number of carbonyl (C=O) groups excluding carboxylic acids is 1. The predicted octanol–water partition coefficient (Wildman–Crippen LogP) is 2.29. The molecule has 1 fully saturated rings. The van der Waals surface area contributed by atoms with E-state index in [1.807, 2.05) is 29.2 Å². The Morgan fingerprint density at radius 2 is 1.80 bits per heavy atom.